The fourth-order valence-electron chi connectivity index (χ4n) is 0.0713. The van der Waals surface area contributed by atoms with Gasteiger partial charge in [-0.3, -0.25) is 0 Å². The van der Waals surface area contributed by atoms with E-state index in [1.54, 1.807) is 0 Å². The summed E-state index contributed by atoms with van der Waals surface area (Å²) >= 11 is 0.403. The van der Waals surface area contributed by atoms with Crippen molar-refractivity contribution in [3.63, 3.8) is 0 Å². The molecule has 0 radical (unpaired) electrons. The van der Waals surface area contributed by atoms with Crippen LogP contribution in [0.3, 0.4) is 0 Å². The molecule has 0 saturated carbocycles. The van der Waals surface area contributed by atoms with Crippen molar-refractivity contribution < 1.29 is 14.1 Å². The smallest absolute Gasteiger partial charge is 0.392 e. The standard InChI is InChI=1S/C2H4O3S/c1-5-6-2(3)4/h1H3,(H,3,4). The Morgan fingerprint density at radius 3 is 2.50 bits per heavy atom. The molecule has 0 heterocycles. The average Bonchev–Trinajstić information content (AvgIpc) is 1.35. The lowest BCUT2D eigenvalue weighted by Crippen LogP contribution is -1.80. The predicted molar refractivity (Wildman–Crippen MR) is 22.6 cm³/mol. The van der Waals surface area contributed by atoms with E-state index < -0.39 is 5.30 Å². The van der Waals surface area contributed by atoms with Crippen LogP contribution in [0, 0.1) is 0 Å². The molecule has 6 heavy (non-hydrogen) atoms. The molecule has 0 aromatic carbocycles. The van der Waals surface area contributed by atoms with Crippen LogP contribution >= 0.6 is 12.0 Å². The topological polar surface area (TPSA) is 46.5 Å². The summed E-state index contributed by atoms with van der Waals surface area (Å²) in [6.45, 7) is 0. The molecule has 0 aliphatic heterocycles. The minimum absolute atomic E-state index is 0.403. The van der Waals surface area contributed by atoms with E-state index in [0.29, 0.717) is 12.0 Å². The largest absolute Gasteiger partial charge is 0.472 e. The van der Waals surface area contributed by atoms with E-state index in [1.807, 2.05) is 0 Å². The van der Waals surface area contributed by atoms with Gasteiger partial charge in [0.05, 0.1) is 7.11 Å². The van der Waals surface area contributed by atoms with E-state index in [9.17, 15) is 4.79 Å². The Kier molecular flexibility index (Phi) is 2.88. The van der Waals surface area contributed by atoms with Crippen molar-refractivity contribution in [3.8, 4) is 0 Å². The van der Waals surface area contributed by atoms with Crippen LogP contribution in [0.15, 0.2) is 0 Å². The highest BCUT2D eigenvalue weighted by molar-refractivity contribution is 8.09. The number of hydrogen-bond donors (Lipinski definition) is 1. The molecule has 0 aliphatic rings. The van der Waals surface area contributed by atoms with Gasteiger partial charge in [0, 0.05) is 0 Å². The lowest BCUT2D eigenvalue weighted by Gasteiger charge is -1.81. The maximum Gasteiger partial charge on any atom is 0.392 e. The molecule has 0 bridgehead atoms. The first-order chi connectivity index (χ1) is 2.77. The van der Waals surface area contributed by atoms with Crippen molar-refractivity contribution in [2.45, 2.75) is 0 Å². The molecule has 3 nitrogen and oxygen atoms in total. The molecule has 0 aliphatic carbocycles. The first-order valence-electron chi connectivity index (χ1n) is 1.21. The van der Waals surface area contributed by atoms with Gasteiger partial charge in [0.25, 0.3) is 0 Å². The molecule has 0 amide bonds. The molecule has 4 heteroatoms. The van der Waals surface area contributed by atoms with Crippen LogP contribution in [0.25, 0.3) is 0 Å². The lowest BCUT2D eigenvalue weighted by atomic mass is 11.6. The van der Waals surface area contributed by atoms with Gasteiger partial charge >= 0.3 is 5.30 Å². The summed E-state index contributed by atoms with van der Waals surface area (Å²) < 4.78 is 4.12. The van der Waals surface area contributed by atoms with E-state index in [-0.39, 0.29) is 0 Å². The third kappa shape index (κ3) is 3.78. The van der Waals surface area contributed by atoms with Crippen molar-refractivity contribution in [1.82, 2.24) is 0 Å². The van der Waals surface area contributed by atoms with Crippen molar-refractivity contribution in [2.24, 2.45) is 0 Å². The van der Waals surface area contributed by atoms with Crippen molar-refractivity contribution in [3.05, 3.63) is 0 Å². The number of carbonyl (C=O) groups is 1. The molecule has 0 unspecified atom stereocenters. The zero-order valence-corrected chi connectivity index (χ0v) is 3.99. The summed E-state index contributed by atoms with van der Waals surface area (Å²) in [5.74, 6) is 0. The van der Waals surface area contributed by atoms with Crippen LogP contribution in [-0.4, -0.2) is 17.5 Å². The Morgan fingerprint density at radius 1 is 2.00 bits per heavy atom. The Balaban J connectivity index is 2.83. The third-order valence-electron chi connectivity index (χ3n) is 0.155. The van der Waals surface area contributed by atoms with Gasteiger partial charge in [0.2, 0.25) is 0 Å². The molecule has 0 aromatic rings. The van der Waals surface area contributed by atoms with Crippen LogP contribution < -0.4 is 0 Å². The second kappa shape index (κ2) is 2.99. The number of rotatable bonds is 1. The molecular formula is C2H4O3S. The first kappa shape index (κ1) is 5.78. The highest BCUT2D eigenvalue weighted by Gasteiger charge is 1.90. The van der Waals surface area contributed by atoms with Gasteiger partial charge in [-0.25, -0.2) is 4.79 Å². The van der Waals surface area contributed by atoms with Crippen LogP contribution in [0.5, 0.6) is 0 Å². The van der Waals surface area contributed by atoms with Gasteiger partial charge in [-0.1, -0.05) is 0 Å². The number of hydrogen-bond acceptors (Lipinski definition) is 3. The fourth-order valence-corrected chi connectivity index (χ4v) is 0.214. The van der Waals surface area contributed by atoms with Crippen LogP contribution in [0.1, 0.15) is 0 Å². The predicted octanol–water partition coefficient (Wildman–Crippen LogP) is 0.959. The van der Waals surface area contributed by atoms with Gasteiger partial charge in [0.1, 0.15) is 12.0 Å². The van der Waals surface area contributed by atoms with Crippen LogP contribution in [-0.2, 0) is 4.18 Å². The zero-order valence-electron chi connectivity index (χ0n) is 3.17. The van der Waals surface area contributed by atoms with Crippen molar-refractivity contribution >= 4 is 17.3 Å². The summed E-state index contributed by atoms with van der Waals surface area (Å²) in [4.78, 5) is 9.44. The molecule has 0 saturated heterocycles. The Bertz CT molecular complexity index is 52.8. The monoisotopic (exact) mass is 108 g/mol. The maximum atomic E-state index is 9.44. The van der Waals surface area contributed by atoms with E-state index in [0.717, 1.165) is 0 Å². The highest BCUT2D eigenvalue weighted by atomic mass is 32.2. The second-order valence-electron chi connectivity index (χ2n) is 0.516. The second-order valence-corrected chi connectivity index (χ2v) is 1.37. The van der Waals surface area contributed by atoms with E-state index in [2.05, 4.69) is 4.18 Å². The van der Waals surface area contributed by atoms with Gasteiger partial charge in [-0.2, -0.15) is 0 Å². The molecule has 0 rings (SSSR count). The minimum Gasteiger partial charge on any atom is -0.472 e. The van der Waals surface area contributed by atoms with Crippen molar-refractivity contribution in [1.29, 1.82) is 0 Å². The summed E-state index contributed by atoms with van der Waals surface area (Å²) in [7, 11) is 1.30. The van der Waals surface area contributed by atoms with E-state index >= 15 is 0 Å². The average molecular weight is 108 g/mol. The quantitative estimate of drug-likeness (QED) is 0.508. The normalized spacial score (nSPS) is 8.17. The van der Waals surface area contributed by atoms with E-state index in [1.165, 1.54) is 7.11 Å². The SMILES string of the molecule is COSC(=O)O. The Hall–Kier alpha value is -0.220. The molecule has 0 atom stereocenters. The molecule has 36 valence electrons. The summed E-state index contributed by atoms with van der Waals surface area (Å²) in [5, 5.41) is 6.74. The molecular weight excluding hydrogens is 104 g/mol. The van der Waals surface area contributed by atoms with Crippen molar-refractivity contribution in [2.75, 3.05) is 7.11 Å². The van der Waals surface area contributed by atoms with Crippen LogP contribution in [0.2, 0.25) is 0 Å². The molecule has 1 N–H and O–H groups in total. The van der Waals surface area contributed by atoms with E-state index in [4.69, 9.17) is 5.11 Å². The molecule has 0 aromatic heterocycles. The van der Waals surface area contributed by atoms with Gasteiger partial charge in [0.15, 0.2) is 0 Å². The Labute approximate surface area is 39.5 Å². The lowest BCUT2D eigenvalue weighted by molar-refractivity contribution is 0.220. The molecule has 0 fully saturated rings. The van der Waals surface area contributed by atoms with Crippen LogP contribution in [0.4, 0.5) is 4.79 Å². The summed E-state index contributed by atoms with van der Waals surface area (Å²) in [5.41, 5.74) is 0. The first-order valence-corrected chi connectivity index (χ1v) is 1.95. The zero-order chi connectivity index (χ0) is 4.99. The Morgan fingerprint density at radius 2 is 2.50 bits per heavy atom. The minimum atomic E-state index is -1.02. The number of carboxylic acid groups (broad SMARTS) is 1. The summed E-state index contributed by atoms with van der Waals surface area (Å²) in [6.07, 6.45) is 0. The maximum absolute atomic E-state index is 9.44. The fraction of sp³-hybridized carbons (Fsp3) is 0.500. The van der Waals surface area contributed by atoms with Gasteiger partial charge in [-0.15, -0.1) is 0 Å². The van der Waals surface area contributed by atoms with Gasteiger partial charge < -0.3 is 9.29 Å². The summed E-state index contributed by atoms with van der Waals surface area (Å²) in [6, 6.07) is 0. The van der Waals surface area contributed by atoms with Gasteiger partial charge in [-0.05, 0) is 0 Å². The molecule has 0 spiro atoms. The third-order valence-corrected chi connectivity index (χ3v) is 0.464. The highest BCUT2D eigenvalue weighted by Crippen LogP contribution is 1.97.